The second-order valence-corrected chi connectivity index (χ2v) is 9.38. The van der Waals surface area contributed by atoms with Crippen LogP contribution in [-0.2, 0) is 16.1 Å². The molecule has 2 aromatic rings. The van der Waals surface area contributed by atoms with E-state index >= 15 is 0 Å². The Morgan fingerprint density at radius 2 is 2.03 bits per heavy atom. The van der Waals surface area contributed by atoms with Crippen molar-refractivity contribution in [2.75, 3.05) is 23.8 Å². The summed E-state index contributed by atoms with van der Waals surface area (Å²) < 4.78 is 2.00. The molecular formula is C26H27N5O3S. The number of benzene rings is 1. The Morgan fingerprint density at radius 3 is 2.63 bits per heavy atom. The maximum Gasteiger partial charge on any atom is 0.277 e. The molecule has 2 amide bonds. The van der Waals surface area contributed by atoms with Gasteiger partial charge in [-0.25, -0.2) is 0 Å². The van der Waals surface area contributed by atoms with Crippen LogP contribution < -0.4 is 30.3 Å². The number of carbonyl (C=O) groups excluding carboxylic acids is 2. The molecule has 0 aliphatic heterocycles. The Hall–Kier alpha value is -4.26. The monoisotopic (exact) mass is 489 g/mol. The molecule has 0 radical (unpaired) electrons. The molecule has 0 spiro atoms. The number of amides is 2. The van der Waals surface area contributed by atoms with Gasteiger partial charge in [0.1, 0.15) is 15.3 Å². The Bertz CT molecular complexity index is 1460. The fraction of sp³-hybridized carbons (Fsp3) is 0.308. The number of carbonyl (C=O) groups is 2. The third kappa shape index (κ3) is 6.86. The van der Waals surface area contributed by atoms with E-state index in [1.54, 1.807) is 24.9 Å². The van der Waals surface area contributed by atoms with Crippen LogP contribution in [0.1, 0.15) is 27.7 Å². The summed E-state index contributed by atoms with van der Waals surface area (Å²) in [7, 11) is 1.72. The number of nitriles is 1. The van der Waals surface area contributed by atoms with Crippen LogP contribution in [0.15, 0.2) is 40.8 Å². The minimum atomic E-state index is -0.661. The average molecular weight is 490 g/mol. The fourth-order valence-corrected chi connectivity index (χ4v) is 3.94. The van der Waals surface area contributed by atoms with E-state index in [1.165, 1.54) is 10.8 Å². The van der Waals surface area contributed by atoms with E-state index < -0.39 is 11.3 Å². The highest BCUT2D eigenvalue weighted by molar-refractivity contribution is 7.07. The fourth-order valence-electron chi connectivity index (χ4n) is 2.95. The lowest BCUT2D eigenvalue weighted by Gasteiger charge is -2.26. The van der Waals surface area contributed by atoms with Gasteiger partial charge in [0, 0.05) is 36.6 Å². The number of hydrogen-bond donors (Lipinski definition) is 2. The summed E-state index contributed by atoms with van der Waals surface area (Å²) in [4.78, 5) is 39.0. The second kappa shape index (κ2) is 11.7. The summed E-state index contributed by atoms with van der Waals surface area (Å²) in [5, 5.41) is 14.8. The Kier molecular flexibility index (Phi) is 9.05. The molecule has 0 aliphatic carbocycles. The number of anilines is 2. The van der Waals surface area contributed by atoms with Crippen molar-refractivity contribution in [2.45, 2.75) is 34.2 Å². The van der Waals surface area contributed by atoms with Gasteiger partial charge in [-0.3, -0.25) is 19.0 Å². The van der Waals surface area contributed by atoms with Crippen LogP contribution in [0.25, 0.3) is 11.5 Å². The zero-order valence-electron chi connectivity index (χ0n) is 20.4. The molecule has 0 saturated carbocycles. The molecule has 0 bridgehead atoms. The van der Waals surface area contributed by atoms with Crippen LogP contribution in [0.2, 0.25) is 0 Å². The lowest BCUT2D eigenvalue weighted by atomic mass is 9.94. The number of nitrogens with one attached hydrogen (secondary N) is 2. The van der Waals surface area contributed by atoms with Crippen molar-refractivity contribution in [3.8, 4) is 18.4 Å². The zero-order valence-corrected chi connectivity index (χ0v) is 21.2. The van der Waals surface area contributed by atoms with Crippen molar-refractivity contribution in [3.63, 3.8) is 0 Å². The molecule has 1 heterocycles. The van der Waals surface area contributed by atoms with E-state index in [2.05, 4.69) is 28.0 Å². The molecule has 180 valence electrons. The number of thiazole rings is 1. The summed E-state index contributed by atoms with van der Waals surface area (Å²) in [6, 6.07) is 9.08. The van der Waals surface area contributed by atoms with Crippen LogP contribution in [-0.4, -0.2) is 30.0 Å². The zero-order chi connectivity index (χ0) is 26.2. The van der Waals surface area contributed by atoms with Crippen LogP contribution in [0.5, 0.6) is 0 Å². The number of terminal acetylenes is 1. The van der Waals surface area contributed by atoms with E-state index in [0.29, 0.717) is 16.9 Å². The van der Waals surface area contributed by atoms with E-state index in [9.17, 15) is 19.6 Å². The maximum absolute atomic E-state index is 12.7. The Morgan fingerprint density at radius 1 is 1.31 bits per heavy atom. The van der Waals surface area contributed by atoms with Gasteiger partial charge < -0.3 is 15.5 Å². The smallest absolute Gasteiger partial charge is 0.277 e. The van der Waals surface area contributed by atoms with Gasteiger partial charge in [0.25, 0.3) is 11.5 Å². The summed E-state index contributed by atoms with van der Waals surface area (Å²) in [6.45, 7) is 7.66. The highest BCUT2D eigenvalue weighted by Crippen LogP contribution is 2.24. The standard InChI is InChI=1S/C26H27N5O3S/c1-7-13-29-23(32)18(17-27)15-22-31(8-2)24(33)21(35-22)12-14-28-19-10-9-11-20(16-19)30(6)25(34)26(3,4)5/h1,9-11,14,16,28H,8,13H2,2-6H3,(H,29,32). The van der Waals surface area contributed by atoms with E-state index in [-0.39, 0.29) is 28.1 Å². The normalized spacial score (nSPS) is 10.1. The topological polar surface area (TPSA) is 107 Å². The van der Waals surface area contributed by atoms with Gasteiger partial charge in [0.2, 0.25) is 5.91 Å². The molecule has 0 atom stereocenters. The minimum absolute atomic E-state index is 0.0167. The van der Waals surface area contributed by atoms with Gasteiger partial charge in [-0.2, -0.15) is 5.26 Å². The van der Waals surface area contributed by atoms with E-state index in [4.69, 9.17) is 6.42 Å². The molecule has 1 aromatic heterocycles. The van der Waals surface area contributed by atoms with Crippen molar-refractivity contribution < 1.29 is 9.59 Å². The first-order chi connectivity index (χ1) is 16.5. The Balaban J connectivity index is 2.46. The first-order valence-corrected chi connectivity index (χ1v) is 11.6. The van der Waals surface area contributed by atoms with Crippen molar-refractivity contribution in [1.29, 1.82) is 5.26 Å². The predicted octanol–water partition coefficient (Wildman–Crippen LogP) is 1.52. The molecule has 8 nitrogen and oxygen atoms in total. The summed E-state index contributed by atoms with van der Waals surface area (Å²) >= 11 is 1.06. The van der Waals surface area contributed by atoms with E-state index in [0.717, 1.165) is 17.0 Å². The van der Waals surface area contributed by atoms with Crippen molar-refractivity contribution >= 4 is 46.0 Å². The minimum Gasteiger partial charge on any atom is -0.355 e. The molecule has 2 N–H and O–H groups in total. The molecule has 9 heteroatoms. The molecule has 0 aliphatic rings. The molecule has 0 unspecified atom stereocenters. The van der Waals surface area contributed by atoms with Crippen LogP contribution in [0, 0.1) is 29.1 Å². The van der Waals surface area contributed by atoms with E-state index in [1.807, 2.05) is 45.0 Å². The molecular weight excluding hydrogens is 462 g/mol. The van der Waals surface area contributed by atoms with Crippen molar-refractivity contribution in [1.82, 2.24) is 9.88 Å². The number of hydrogen-bond acceptors (Lipinski definition) is 6. The number of aromatic nitrogens is 1. The van der Waals surface area contributed by atoms with Crippen molar-refractivity contribution in [3.05, 3.63) is 55.6 Å². The highest BCUT2D eigenvalue weighted by Gasteiger charge is 2.25. The van der Waals surface area contributed by atoms with Crippen LogP contribution in [0.4, 0.5) is 11.4 Å². The SMILES string of the molecule is C#CCNC(=O)C(=C=c1sc(=C=CNc2cccc(N(C)C(=O)C(C)(C)C)c2)c(=O)n1CC)C#N. The molecule has 0 fully saturated rings. The number of nitrogens with zero attached hydrogens (tertiary/aromatic N) is 3. The van der Waals surface area contributed by atoms with Crippen LogP contribution in [0.3, 0.4) is 0 Å². The van der Waals surface area contributed by atoms with Gasteiger partial charge in [0.15, 0.2) is 5.57 Å². The first kappa shape index (κ1) is 27.0. The molecule has 35 heavy (non-hydrogen) atoms. The van der Waals surface area contributed by atoms with Gasteiger partial charge in [0.05, 0.1) is 6.54 Å². The summed E-state index contributed by atoms with van der Waals surface area (Å²) in [5.74, 6) is 1.58. The van der Waals surface area contributed by atoms with Gasteiger partial charge >= 0.3 is 0 Å². The molecule has 2 rings (SSSR count). The number of rotatable bonds is 6. The highest BCUT2D eigenvalue weighted by atomic mass is 32.1. The summed E-state index contributed by atoms with van der Waals surface area (Å²) in [5.41, 5.74) is 5.96. The van der Waals surface area contributed by atoms with Crippen molar-refractivity contribution in [2.24, 2.45) is 5.41 Å². The van der Waals surface area contributed by atoms with Gasteiger partial charge in [-0.1, -0.05) is 55.6 Å². The van der Waals surface area contributed by atoms with Gasteiger partial charge in [-0.05, 0) is 25.1 Å². The quantitative estimate of drug-likeness (QED) is 0.364. The first-order valence-electron chi connectivity index (χ1n) is 10.8. The van der Waals surface area contributed by atoms with Crippen LogP contribution >= 0.6 is 11.3 Å². The average Bonchev–Trinajstić information content (AvgIpc) is 3.13. The summed E-state index contributed by atoms with van der Waals surface area (Å²) in [6.07, 6.45) is 6.62. The largest absolute Gasteiger partial charge is 0.355 e. The Labute approximate surface area is 208 Å². The molecule has 0 saturated heterocycles. The third-order valence-electron chi connectivity index (χ3n) is 4.74. The third-order valence-corrected chi connectivity index (χ3v) is 5.76. The lowest BCUT2D eigenvalue weighted by Crippen LogP contribution is -2.36. The lowest BCUT2D eigenvalue weighted by molar-refractivity contribution is -0.125. The second-order valence-electron chi connectivity index (χ2n) is 8.38. The molecule has 1 aromatic carbocycles. The maximum atomic E-state index is 12.7. The van der Waals surface area contributed by atoms with Gasteiger partial charge in [-0.15, -0.1) is 6.42 Å². The predicted molar refractivity (Wildman–Crippen MR) is 139 cm³/mol.